The third kappa shape index (κ3) is 3.38. The third-order valence-electron chi connectivity index (χ3n) is 5.09. The topological polar surface area (TPSA) is 79.5 Å². The molecule has 2 aliphatic rings. The summed E-state index contributed by atoms with van der Waals surface area (Å²) in [7, 11) is 0. The molecule has 26 heavy (non-hydrogen) atoms. The molecule has 1 saturated heterocycles. The van der Waals surface area contributed by atoms with E-state index in [0.29, 0.717) is 31.3 Å². The molecule has 0 radical (unpaired) electrons. The van der Waals surface area contributed by atoms with Crippen LogP contribution in [-0.2, 0) is 11.2 Å². The van der Waals surface area contributed by atoms with Crippen LogP contribution in [0.3, 0.4) is 0 Å². The summed E-state index contributed by atoms with van der Waals surface area (Å²) in [5.41, 5.74) is 0.762. The number of aromatic nitrogens is 2. The van der Waals surface area contributed by atoms with Crippen molar-refractivity contribution in [3.8, 4) is 0 Å². The molecule has 0 saturated carbocycles. The molecule has 1 fully saturated rings. The van der Waals surface area contributed by atoms with Crippen LogP contribution in [0.1, 0.15) is 52.1 Å². The van der Waals surface area contributed by atoms with Gasteiger partial charge in [0, 0.05) is 24.5 Å². The van der Waals surface area contributed by atoms with Crippen molar-refractivity contribution in [3.63, 3.8) is 0 Å². The Morgan fingerprint density at radius 1 is 1.38 bits per heavy atom. The first-order valence-electron chi connectivity index (χ1n) is 9.05. The van der Waals surface area contributed by atoms with E-state index in [9.17, 15) is 9.59 Å². The largest absolute Gasteiger partial charge is 0.340 e. The smallest absolute Gasteiger partial charge is 0.255 e. The molecule has 2 aliphatic heterocycles. The van der Waals surface area contributed by atoms with E-state index in [0.717, 1.165) is 36.1 Å². The summed E-state index contributed by atoms with van der Waals surface area (Å²) >= 11 is 1.63. The fourth-order valence-corrected chi connectivity index (χ4v) is 4.64. The zero-order valence-electron chi connectivity index (χ0n) is 14.8. The summed E-state index contributed by atoms with van der Waals surface area (Å²) in [6, 6.07) is 1.87. The Morgan fingerprint density at radius 2 is 2.27 bits per heavy atom. The number of amides is 2. The lowest BCUT2D eigenvalue weighted by molar-refractivity contribution is -0.133. The van der Waals surface area contributed by atoms with Crippen LogP contribution in [0.2, 0.25) is 0 Å². The van der Waals surface area contributed by atoms with Crippen molar-refractivity contribution in [2.45, 2.75) is 38.5 Å². The molecule has 4 rings (SSSR count). The van der Waals surface area contributed by atoms with Gasteiger partial charge in [0.15, 0.2) is 5.82 Å². The van der Waals surface area contributed by atoms with Crippen LogP contribution in [0.4, 0.5) is 0 Å². The number of likely N-dealkylation sites (tertiary alicyclic amines) is 1. The Morgan fingerprint density at radius 3 is 3.08 bits per heavy atom. The van der Waals surface area contributed by atoms with Gasteiger partial charge in [-0.05, 0) is 44.1 Å². The van der Waals surface area contributed by atoms with Gasteiger partial charge in [0.05, 0.1) is 11.5 Å². The highest BCUT2D eigenvalue weighted by Crippen LogP contribution is 2.27. The molecule has 0 aliphatic carbocycles. The normalized spacial score (nSPS) is 20.8. The number of rotatable bonds is 3. The average molecular weight is 374 g/mol. The number of nitrogens with zero attached hydrogens (tertiary/aromatic N) is 4. The fourth-order valence-electron chi connectivity index (χ4n) is 3.73. The van der Waals surface area contributed by atoms with Crippen LogP contribution in [0.15, 0.2) is 16.0 Å². The highest BCUT2D eigenvalue weighted by Gasteiger charge is 2.31. The number of carbonyl (C=O) groups excluding carboxylic acids is 2. The van der Waals surface area contributed by atoms with Crippen molar-refractivity contribution in [2.24, 2.45) is 0 Å². The minimum Gasteiger partial charge on any atom is -0.340 e. The molecule has 4 heterocycles. The van der Waals surface area contributed by atoms with Gasteiger partial charge >= 0.3 is 0 Å². The third-order valence-corrected chi connectivity index (χ3v) is 6.07. The van der Waals surface area contributed by atoms with E-state index in [1.54, 1.807) is 23.2 Å². The number of thiophene rings is 1. The maximum Gasteiger partial charge on any atom is 0.255 e. The quantitative estimate of drug-likeness (QED) is 0.823. The first kappa shape index (κ1) is 17.2. The molecule has 138 valence electrons. The second-order valence-electron chi connectivity index (χ2n) is 6.95. The second-order valence-corrected chi connectivity index (χ2v) is 7.95. The van der Waals surface area contributed by atoms with Crippen LogP contribution in [0, 0.1) is 6.92 Å². The molecule has 0 spiro atoms. The highest BCUT2D eigenvalue weighted by atomic mass is 32.1. The van der Waals surface area contributed by atoms with Crippen molar-refractivity contribution < 1.29 is 14.1 Å². The van der Waals surface area contributed by atoms with Gasteiger partial charge in [-0.25, -0.2) is 0 Å². The Balaban J connectivity index is 1.42. The zero-order chi connectivity index (χ0) is 18.1. The Labute approximate surface area is 156 Å². The summed E-state index contributed by atoms with van der Waals surface area (Å²) in [4.78, 5) is 34.5. The number of fused-ring (bicyclic) bond motifs is 1. The molecule has 0 aromatic carbocycles. The van der Waals surface area contributed by atoms with Gasteiger partial charge < -0.3 is 14.3 Å². The van der Waals surface area contributed by atoms with E-state index < -0.39 is 0 Å². The molecular weight excluding hydrogens is 352 g/mol. The van der Waals surface area contributed by atoms with Crippen LogP contribution in [0.5, 0.6) is 0 Å². The lowest BCUT2D eigenvalue weighted by Crippen LogP contribution is -2.46. The number of hydrogen-bond donors (Lipinski definition) is 0. The van der Waals surface area contributed by atoms with Gasteiger partial charge in [-0.2, -0.15) is 4.98 Å². The van der Waals surface area contributed by atoms with Crippen molar-refractivity contribution in [1.82, 2.24) is 19.9 Å². The van der Waals surface area contributed by atoms with Gasteiger partial charge in [0.1, 0.15) is 6.54 Å². The van der Waals surface area contributed by atoms with Crippen LogP contribution in [-0.4, -0.2) is 57.9 Å². The maximum atomic E-state index is 12.8. The summed E-state index contributed by atoms with van der Waals surface area (Å²) in [5.74, 6) is 1.28. The van der Waals surface area contributed by atoms with E-state index >= 15 is 0 Å². The number of piperidine rings is 1. The van der Waals surface area contributed by atoms with Gasteiger partial charge in [-0.15, -0.1) is 11.3 Å². The zero-order valence-corrected chi connectivity index (χ0v) is 15.6. The summed E-state index contributed by atoms with van der Waals surface area (Å²) < 4.78 is 5.28. The minimum atomic E-state index is -0.0202. The number of hydrogen-bond acceptors (Lipinski definition) is 6. The summed E-state index contributed by atoms with van der Waals surface area (Å²) in [6.45, 7) is 3.86. The maximum absolute atomic E-state index is 12.8. The summed E-state index contributed by atoms with van der Waals surface area (Å²) in [6.07, 6.45) is 3.65. The lowest BCUT2D eigenvalue weighted by atomic mass is 9.98. The van der Waals surface area contributed by atoms with Gasteiger partial charge in [-0.3, -0.25) is 9.59 Å². The van der Waals surface area contributed by atoms with Gasteiger partial charge in [0.2, 0.25) is 11.8 Å². The van der Waals surface area contributed by atoms with E-state index in [2.05, 4.69) is 10.1 Å². The predicted molar refractivity (Wildman–Crippen MR) is 96.1 cm³/mol. The van der Waals surface area contributed by atoms with Crippen molar-refractivity contribution in [2.75, 3.05) is 26.2 Å². The summed E-state index contributed by atoms with van der Waals surface area (Å²) in [5, 5.41) is 5.80. The first-order chi connectivity index (χ1) is 12.6. The lowest BCUT2D eigenvalue weighted by Gasteiger charge is -2.32. The predicted octanol–water partition coefficient (Wildman–Crippen LogP) is 2.23. The molecule has 2 aromatic heterocycles. The fraction of sp³-hybridized carbons (Fsp3) is 0.556. The Kier molecular flexibility index (Phi) is 4.76. The molecule has 0 bridgehead atoms. The highest BCUT2D eigenvalue weighted by molar-refractivity contribution is 7.10. The van der Waals surface area contributed by atoms with E-state index in [4.69, 9.17) is 4.52 Å². The monoisotopic (exact) mass is 374 g/mol. The molecule has 1 unspecified atom stereocenters. The van der Waals surface area contributed by atoms with Crippen LogP contribution < -0.4 is 0 Å². The van der Waals surface area contributed by atoms with Gasteiger partial charge in [-0.1, -0.05) is 5.16 Å². The standard InChI is InChI=1S/C18H22N4O3S/c1-12-19-17(25-20-12)13-4-2-7-21(10-13)16(23)11-22-8-3-5-15-14(18(22)24)6-9-26-15/h6,9,13H,2-5,7-8,10-11H2,1H3. The number of carbonyl (C=O) groups is 2. The van der Waals surface area contributed by atoms with Crippen LogP contribution >= 0.6 is 11.3 Å². The second kappa shape index (κ2) is 7.19. The van der Waals surface area contributed by atoms with Crippen molar-refractivity contribution in [1.29, 1.82) is 0 Å². The van der Waals surface area contributed by atoms with Gasteiger partial charge in [0.25, 0.3) is 5.91 Å². The average Bonchev–Trinajstić information content (AvgIpc) is 3.26. The Bertz CT molecular complexity index is 815. The minimum absolute atomic E-state index is 0.00188. The molecule has 2 aromatic rings. The number of aryl methyl sites for hydroxylation is 2. The molecule has 2 amide bonds. The van der Waals surface area contributed by atoms with E-state index in [-0.39, 0.29) is 24.3 Å². The van der Waals surface area contributed by atoms with E-state index in [1.165, 1.54) is 0 Å². The van der Waals surface area contributed by atoms with E-state index in [1.807, 2.05) is 16.3 Å². The van der Waals surface area contributed by atoms with Crippen molar-refractivity contribution in [3.05, 3.63) is 33.6 Å². The molecule has 7 nitrogen and oxygen atoms in total. The van der Waals surface area contributed by atoms with Crippen molar-refractivity contribution >= 4 is 23.2 Å². The first-order valence-corrected chi connectivity index (χ1v) is 9.93. The molecule has 8 heteroatoms. The van der Waals surface area contributed by atoms with Crippen LogP contribution in [0.25, 0.3) is 0 Å². The SMILES string of the molecule is Cc1noc(C2CCCN(C(=O)CN3CCCc4sccc4C3=O)C2)n1. The molecular formula is C18H22N4O3S. The molecule has 1 atom stereocenters. The molecule has 0 N–H and O–H groups in total. The Hall–Kier alpha value is -2.22.